The van der Waals surface area contributed by atoms with Crippen molar-refractivity contribution in [3.8, 4) is 0 Å². The van der Waals surface area contributed by atoms with Gasteiger partial charge < -0.3 is 4.79 Å². The predicted octanol–water partition coefficient (Wildman–Crippen LogP) is 4.17. The Hall–Kier alpha value is -1.11. The lowest BCUT2D eigenvalue weighted by Gasteiger charge is -2.17. The van der Waals surface area contributed by atoms with Gasteiger partial charge in [-0.05, 0) is 50.7 Å². The summed E-state index contributed by atoms with van der Waals surface area (Å²) in [5.41, 5.74) is 4.08. The maximum Gasteiger partial charge on any atom is 0.129 e. The molecule has 0 bridgehead atoms. The first-order chi connectivity index (χ1) is 7.54. The van der Waals surface area contributed by atoms with E-state index in [-0.39, 0.29) is 0 Å². The van der Waals surface area contributed by atoms with Gasteiger partial charge >= 0.3 is 0 Å². The van der Waals surface area contributed by atoms with Gasteiger partial charge in [0.2, 0.25) is 0 Å². The highest BCUT2D eigenvalue weighted by molar-refractivity contribution is 5.75. The van der Waals surface area contributed by atoms with Crippen molar-refractivity contribution in [2.24, 2.45) is 0 Å². The largest absolute Gasteiger partial charge is 0.300 e. The molecule has 0 fully saturated rings. The highest BCUT2D eigenvalue weighted by Gasteiger charge is 2.12. The Morgan fingerprint density at radius 2 is 2.00 bits per heavy atom. The molecule has 1 nitrogen and oxygen atoms in total. The number of hydrogen-bond acceptors (Lipinski definition) is 1. The molecule has 0 radical (unpaired) electrons. The highest BCUT2D eigenvalue weighted by atomic mass is 16.1. The number of rotatable bonds is 5. The van der Waals surface area contributed by atoms with Crippen molar-refractivity contribution in [3.63, 3.8) is 0 Å². The quantitative estimate of drug-likeness (QED) is 0.725. The maximum atomic E-state index is 11.0. The second-order valence-corrected chi connectivity index (χ2v) is 4.71. The van der Waals surface area contributed by atoms with Gasteiger partial charge in [0.1, 0.15) is 5.78 Å². The average molecular weight is 218 g/mol. The summed E-state index contributed by atoms with van der Waals surface area (Å²) in [7, 11) is 0. The fourth-order valence-corrected chi connectivity index (χ4v) is 2.16. The van der Waals surface area contributed by atoms with Crippen molar-refractivity contribution in [2.45, 2.75) is 52.9 Å². The number of carbonyl (C=O) groups is 1. The molecule has 1 heteroatoms. The van der Waals surface area contributed by atoms with Gasteiger partial charge in [-0.25, -0.2) is 0 Å². The molecule has 0 saturated heterocycles. The second kappa shape index (κ2) is 5.83. The molecule has 0 heterocycles. The summed E-state index contributed by atoms with van der Waals surface area (Å²) < 4.78 is 0. The summed E-state index contributed by atoms with van der Waals surface area (Å²) >= 11 is 0. The fraction of sp³-hybridized carbons (Fsp3) is 0.533. The minimum absolute atomic E-state index is 0.295. The van der Waals surface area contributed by atoms with Gasteiger partial charge in [0, 0.05) is 6.42 Å². The summed E-state index contributed by atoms with van der Waals surface area (Å²) in [6, 6.07) is 6.60. The van der Waals surface area contributed by atoms with Crippen molar-refractivity contribution in [3.05, 3.63) is 34.9 Å². The predicted molar refractivity (Wildman–Crippen MR) is 68.9 cm³/mol. The van der Waals surface area contributed by atoms with Crippen LogP contribution in [0.2, 0.25) is 0 Å². The van der Waals surface area contributed by atoms with Crippen molar-refractivity contribution in [2.75, 3.05) is 0 Å². The number of hydrogen-bond donors (Lipinski definition) is 0. The van der Waals surface area contributed by atoms with Crippen molar-refractivity contribution in [1.82, 2.24) is 0 Å². The van der Waals surface area contributed by atoms with Crippen LogP contribution in [0.1, 0.15) is 55.7 Å². The minimum Gasteiger partial charge on any atom is -0.300 e. The van der Waals surface area contributed by atoms with E-state index >= 15 is 0 Å². The van der Waals surface area contributed by atoms with Crippen LogP contribution in [0, 0.1) is 13.8 Å². The molecule has 0 spiro atoms. The Kier molecular flexibility index (Phi) is 4.72. The van der Waals surface area contributed by atoms with E-state index in [1.807, 2.05) is 0 Å². The summed E-state index contributed by atoms with van der Waals surface area (Å²) in [4.78, 5) is 11.0. The van der Waals surface area contributed by atoms with E-state index in [0.717, 1.165) is 12.8 Å². The van der Waals surface area contributed by atoms with Crippen molar-refractivity contribution < 1.29 is 4.79 Å². The van der Waals surface area contributed by atoms with E-state index < -0.39 is 0 Å². The summed E-state index contributed by atoms with van der Waals surface area (Å²) in [5, 5.41) is 0. The highest BCUT2D eigenvalue weighted by Crippen LogP contribution is 2.28. The molecule has 1 unspecified atom stereocenters. The van der Waals surface area contributed by atoms with Gasteiger partial charge in [-0.15, -0.1) is 0 Å². The topological polar surface area (TPSA) is 17.1 Å². The van der Waals surface area contributed by atoms with Gasteiger partial charge in [0.25, 0.3) is 0 Å². The Morgan fingerprint density at radius 1 is 1.31 bits per heavy atom. The smallest absolute Gasteiger partial charge is 0.129 e. The van der Waals surface area contributed by atoms with Gasteiger partial charge in [-0.2, -0.15) is 0 Å². The van der Waals surface area contributed by atoms with E-state index in [2.05, 4.69) is 39.0 Å². The zero-order valence-electron chi connectivity index (χ0n) is 10.8. The Balaban J connectivity index is 2.85. The van der Waals surface area contributed by atoms with Crippen LogP contribution in [-0.4, -0.2) is 5.78 Å². The number of aryl methyl sites for hydroxylation is 2. The molecule has 0 aliphatic carbocycles. The van der Waals surface area contributed by atoms with E-state index in [0.29, 0.717) is 18.1 Å². The van der Waals surface area contributed by atoms with E-state index in [9.17, 15) is 4.79 Å². The molecule has 0 N–H and O–H groups in total. The third-order valence-corrected chi connectivity index (χ3v) is 3.21. The zero-order valence-corrected chi connectivity index (χ0v) is 10.8. The van der Waals surface area contributed by atoms with E-state index in [4.69, 9.17) is 0 Å². The lowest BCUT2D eigenvalue weighted by atomic mass is 9.87. The van der Waals surface area contributed by atoms with Gasteiger partial charge in [-0.3, -0.25) is 0 Å². The molecule has 0 amide bonds. The van der Waals surface area contributed by atoms with Crippen LogP contribution in [0.5, 0.6) is 0 Å². The number of Topliss-reactive ketones (excluding diaryl/α,β-unsaturated/α-hetero) is 1. The molecule has 1 atom stereocenters. The van der Waals surface area contributed by atoms with Crippen molar-refractivity contribution in [1.29, 1.82) is 0 Å². The molecule has 0 aliphatic heterocycles. The normalized spacial score (nSPS) is 12.5. The molecule has 0 aromatic heterocycles. The van der Waals surface area contributed by atoms with Crippen LogP contribution in [-0.2, 0) is 4.79 Å². The molecular formula is C15H22O. The minimum atomic E-state index is 0.295. The van der Waals surface area contributed by atoms with Gasteiger partial charge in [-0.1, -0.05) is 30.7 Å². The first kappa shape index (κ1) is 13.0. The van der Waals surface area contributed by atoms with Crippen LogP contribution < -0.4 is 0 Å². The molecule has 0 aliphatic rings. The second-order valence-electron chi connectivity index (χ2n) is 4.71. The molecule has 1 aromatic rings. The molecule has 88 valence electrons. The zero-order chi connectivity index (χ0) is 12.1. The van der Waals surface area contributed by atoms with Gasteiger partial charge in [0.15, 0.2) is 0 Å². The standard InChI is InChI=1S/C15H22O/c1-5-14(9-8-13(4)16)15-10-11(2)6-7-12(15)3/h6-7,10,14H,5,8-9H2,1-4H3. The van der Waals surface area contributed by atoms with E-state index in [1.54, 1.807) is 6.92 Å². The molecule has 1 aromatic carbocycles. The number of ketones is 1. The third-order valence-electron chi connectivity index (χ3n) is 3.21. The van der Waals surface area contributed by atoms with Crippen LogP contribution in [0.3, 0.4) is 0 Å². The van der Waals surface area contributed by atoms with Crippen LogP contribution in [0.25, 0.3) is 0 Å². The summed E-state index contributed by atoms with van der Waals surface area (Å²) in [5.74, 6) is 0.826. The number of benzene rings is 1. The monoisotopic (exact) mass is 218 g/mol. The lowest BCUT2D eigenvalue weighted by molar-refractivity contribution is -0.117. The molecular weight excluding hydrogens is 196 g/mol. The maximum absolute atomic E-state index is 11.0. The van der Waals surface area contributed by atoms with Crippen LogP contribution in [0.4, 0.5) is 0 Å². The third kappa shape index (κ3) is 3.48. The van der Waals surface area contributed by atoms with Gasteiger partial charge in [0.05, 0.1) is 0 Å². The first-order valence-corrected chi connectivity index (χ1v) is 6.11. The van der Waals surface area contributed by atoms with E-state index in [1.165, 1.54) is 16.7 Å². The fourth-order valence-electron chi connectivity index (χ4n) is 2.16. The number of carbonyl (C=O) groups excluding carboxylic acids is 1. The SMILES string of the molecule is CCC(CCC(C)=O)c1cc(C)ccc1C. The Morgan fingerprint density at radius 3 is 2.56 bits per heavy atom. The molecule has 0 saturated carbocycles. The Labute approximate surface area is 98.9 Å². The lowest BCUT2D eigenvalue weighted by Crippen LogP contribution is -2.03. The average Bonchev–Trinajstić information content (AvgIpc) is 2.23. The summed E-state index contributed by atoms with van der Waals surface area (Å²) in [6.07, 6.45) is 2.79. The van der Waals surface area contributed by atoms with Crippen molar-refractivity contribution >= 4 is 5.78 Å². The Bertz CT molecular complexity index is 366. The molecule has 16 heavy (non-hydrogen) atoms. The molecule has 1 rings (SSSR count). The first-order valence-electron chi connectivity index (χ1n) is 6.11. The summed E-state index contributed by atoms with van der Waals surface area (Å²) in [6.45, 7) is 8.16. The van der Waals surface area contributed by atoms with Crippen LogP contribution >= 0.6 is 0 Å². The van der Waals surface area contributed by atoms with Crippen LogP contribution in [0.15, 0.2) is 18.2 Å².